The van der Waals surface area contributed by atoms with Crippen molar-refractivity contribution in [1.82, 2.24) is 10.3 Å². The zero-order valence-corrected chi connectivity index (χ0v) is 14.5. The molecule has 2 aromatic rings. The Morgan fingerprint density at radius 2 is 1.74 bits per heavy atom. The van der Waals surface area contributed by atoms with Gasteiger partial charge in [0.05, 0.1) is 5.54 Å². The van der Waals surface area contributed by atoms with Gasteiger partial charge < -0.3 is 10.6 Å². The molecule has 23 heavy (non-hydrogen) atoms. The van der Waals surface area contributed by atoms with Crippen molar-refractivity contribution in [2.24, 2.45) is 0 Å². The van der Waals surface area contributed by atoms with E-state index in [9.17, 15) is 0 Å². The van der Waals surface area contributed by atoms with Gasteiger partial charge in [0.1, 0.15) is 0 Å². The Kier molecular flexibility index (Phi) is 4.62. The molecule has 0 radical (unpaired) electrons. The average molecular weight is 325 g/mol. The van der Waals surface area contributed by atoms with Crippen LogP contribution in [0.5, 0.6) is 0 Å². The lowest BCUT2D eigenvalue weighted by atomic mass is 9.89. The molecule has 120 valence electrons. The van der Waals surface area contributed by atoms with E-state index in [-0.39, 0.29) is 5.54 Å². The van der Waals surface area contributed by atoms with Gasteiger partial charge in [0.25, 0.3) is 0 Å². The Hall–Kier alpha value is -1.94. The van der Waals surface area contributed by atoms with Crippen LogP contribution in [0, 0.1) is 13.8 Å². The summed E-state index contributed by atoms with van der Waals surface area (Å²) in [5, 5.41) is 7.61. The van der Waals surface area contributed by atoms with E-state index >= 15 is 0 Å². The van der Waals surface area contributed by atoms with Gasteiger partial charge >= 0.3 is 0 Å². The molecule has 1 heterocycles. The molecule has 1 saturated carbocycles. The first-order chi connectivity index (χ1) is 11.1. The highest BCUT2D eigenvalue weighted by molar-refractivity contribution is 7.80. The van der Waals surface area contributed by atoms with Gasteiger partial charge in [0.15, 0.2) is 5.11 Å². The fraction of sp³-hybridized carbons (Fsp3) is 0.368. The first-order valence-corrected chi connectivity index (χ1v) is 8.57. The number of benzene rings is 1. The minimum Gasteiger partial charge on any atom is -0.353 e. The summed E-state index contributed by atoms with van der Waals surface area (Å²) < 4.78 is 0. The molecule has 3 rings (SSSR count). The number of aryl methyl sites for hydroxylation is 2. The summed E-state index contributed by atoms with van der Waals surface area (Å²) in [5.41, 5.74) is 4.80. The predicted octanol–water partition coefficient (Wildman–Crippen LogP) is 4.45. The number of aromatic nitrogens is 1. The second-order valence-electron chi connectivity index (χ2n) is 6.40. The minimum atomic E-state index is -0.0627. The van der Waals surface area contributed by atoms with Crippen molar-refractivity contribution < 1.29 is 0 Å². The van der Waals surface area contributed by atoms with Gasteiger partial charge in [-0.05, 0) is 79.9 Å². The van der Waals surface area contributed by atoms with Crippen molar-refractivity contribution >= 4 is 23.0 Å². The molecular formula is C19H23N3S. The Morgan fingerprint density at radius 3 is 2.39 bits per heavy atom. The molecule has 1 aromatic carbocycles. The summed E-state index contributed by atoms with van der Waals surface area (Å²) >= 11 is 5.58. The number of hydrogen-bond donors (Lipinski definition) is 2. The molecule has 0 atom stereocenters. The monoisotopic (exact) mass is 325 g/mol. The maximum atomic E-state index is 5.58. The second kappa shape index (κ2) is 6.67. The summed E-state index contributed by atoms with van der Waals surface area (Å²) in [4.78, 5) is 4.14. The number of anilines is 1. The molecule has 0 bridgehead atoms. The summed E-state index contributed by atoms with van der Waals surface area (Å²) in [6.07, 6.45) is 8.37. The zero-order chi connectivity index (χ0) is 16.3. The van der Waals surface area contributed by atoms with Crippen LogP contribution in [0.15, 0.2) is 42.7 Å². The van der Waals surface area contributed by atoms with Crippen LogP contribution in [0.1, 0.15) is 42.4 Å². The third-order valence-electron chi connectivity index (χ3n) is 4.81. The highest BCUT2D eigenvalue weighted by atomic mass is 32.1. The van der Waals surface area contributed by atoms with Crippen molar-refractivity contribution in [3.8, 4) is 0 Å². The van der Waals surface area contributed by atoms with Crippen LogP contribution >= 0.6 is 12.2 Å². The van der Waals surface area contributed by atoms with Crippen LogP contribution in [-0.2, 0) is 5.54 Å². The molecule has 1 aliphatic carbocycles. The molecule has 4 heteroatoms. The lowest BCUT2D eigenvalue weighted by molar-refractivity contribution is 0.408. The van der Waals surface area contributed by atoms with Crippen molar-refractivity contribution in [1.29, 1.82) is 0 Å². The van der Waals surface area contributed by atoms with E-state index in [4.69, 9.17) is 12.2 Å². The molecule has 0 aliphatic heterocycles. The summed E-state index contributed by atoms with van der Waals surface area (Å²) in [6, 6.07) is 10.5. The quantitative estimate of drug-likeness (QED) is 0.817. The van der Waals surface area contributed by atoms with Crippen molar-refractivity contribution in [2.45, 2.75) is 45.1 Å². The molecule has 1 aliphatic rings. The van der Waals surface area contributed by atoms with E-state index in [1.54, 1.807) is 0 Å². The van der Waals surface area contributed by atoms with Crippen molar-refractivity contribution in [2.75, 3.05) is 5.32 Å². The first-order valence-electron chi connectivity index (χ1n) is 8.16. The normalized spacial score (nSPS) is 16.1. The summed E-state index contributed by atoms with van der Waals surface area (Å²) in [7, 11) is 0. The standard InChI is InChI=1S/C19H23N3S/c1-14-5-6-17(13-15(14)2)21-18(23)22-19(9-3-4-10-19)16-7-11-20-12-8-16/h5-8,11-13H,3-4,9-10H2,1-2H3,(H2,21,22,23). The third-order valence-corrected chi connectivity index (χ3v) is 5.01. The van der Waals surface area contributed by atoms with Crippen LogP contribution in [-0.4, -0.2) is 10.1 Å². The molecule has 0 spiro atoms. The van der Waals surface area contributed by atoms with E-state index in [1.165, 1.54) is 29.5 Å². The molecule has 0 saturated heterocycles. The maximum absolute atomic E-state index is 5.58. The zero-order valence-electron chi connectivity index (χ0n) is 13.7. The number of hydrogen-bond acceptors (Lipinski definition) is 2. The van der Waals surface area contributed by atoms with E-state index in [0.29, 0.717) is 5.11 Å². The minimum absolute atomic E-state index is 0.0627. The second-order valence-corrected chi connectivity index (χ2v) is 6.81. The maximum Gasteiger partial charge on any atom is 0.171 e. The number of rotatable bonds is 3. The predicted molar refractivity (Wildman–Crippen MR) is 99.7 cm³/mol. The number of pyridine rings is 1. The van der Waals surface area contributed by atoms with Crippen LogP contribution in [0.25, 0.3) is 0 Å². The van der Waals surface area contributed by atoms with E-state index in [0.717, 1.165) is 18.5 Å². The number of thiocarbonyl (C=S) groups is 1. The van der Waals surface area contributed by atoms with Crippen LogP contribution in [0.4, 0.5) is 5.69 Å². The fourth-order valence-corrected chi connectivity index (χ4v) is 3.65. The Morgan fingerprint density at radius 1 is 1.04 bits per heavy atom. The smallest absolute Gasteiger partial charge is 0.171 e. The van der Waals surface area contributed by atoms with Crippen molar-refractivity contribution in [3.05, 3.63) is 59.4 Å². The fourth-order valence-electron chi connectivity index (χ4n) is 3.33. The summed E-state index contributed by atoms with van der Waals surface area (Å²) in [6.45, 7) is 4.24. The SMILES string of the molecule is Cc1ccc(NC(=S)NC2(c3ccncc3)CCCC2)cc1C. The van der Waals surface area contributed by atoms with Crippen LogP contribution < -0.4 is 10.6 Å². The van der Waals surface area contributed by atoms with Gasteiger partial charge in [-0.25, -0.2) is 0 Å². The topological polar surface area (TPSA) is 37.0 Å². The molecule has 0 amide bonds. The Balaban J connectivity index is 1.75. The van der Waals surface area contributed by atoms with E-state index in [1.807, 2.05) is 12.4 Å². The van der Waals surface area contributed by atoms with E-state index < -0.39 is 0 Å². The molecule has 2 N–H and O–H groups in total. The number of nitrogens with one attached hydrogen (secondary N) is 2. The van der Waals surface area contributed by atoms with Gasteiger partial charge in [-0.1, -0.05) is 18.9 Å². The lowest BCUT2D eigenvalue weighted by Gasteiger charge is -2.32. The van der Waals surface area contributed by atoms with Crippen LogP contribution in [0.3, 0.4) is 0 Å². The van der Waals surface area contributed by atoms with Gasteiger partial charge in [-0.15, -0.1) is 0 Å². The number of nitrogens with zero attached hydrogens (tertiary/aromatic N) is 1. The van der Waals surface area contributed by atoms with Gasteiger partial charge in [0, 0.05) is 18.1 Å². The highest BCUT2D eigenvalue weighted by Crippen LogP contribution is 2.38. The average Bonchev–Trinajstić information content (AvgIpc) is 3.01. The van der Waals surface area contributed by atoms with Gasteiger partial charge in [-0.2, -0.15) is 0 Å². The van der Waals surface area contributed by atoms with Gasteiger partial charge in [-0.3, -0.25) is 4.98 Å². The molecule has 1 fully saturated rings. The summed E-state index contributed by atoms with van der Waals surface area (Å²) in [5.74, 6) is 0. The van der Waals surface area contributed by atoms with Crippen molar-refractivity contribution in [3.63, 3.8) is 0 Å². The van der Waals surface area contributed by atoms with Gasteiger partial charge in [0.2, 0.25) is 0 Å². The first kappa shape index (κ1) is 15.9. The van der Waals surface area contributed by atoms with Crippen LogP contribution in [0.2, 0.25) is 0 Å². The molecule has 3 nitrogen and oxygen atoms in total. The third kappa shape index (κ3) is 3.53. The lowest BCUT2D eigenvalue weighted by Crippen LogP contribution is -2.45. The van der Waals surface area contributed by atoms with E-state index in [2.05, 4.69) is 59.8 Å². The Bertz CT molecular complexity index is 691. The largest absolute Gasteiger partial charge is 0.353 e. The highest BCUT2D eigenvalue weighted by Gasteiger charge is 2.36. The molecule has 1 aromatic heterocycles. The molecule has 0 unspecified atom stereocenters. The molecular weight excluding hydrogens is 302 g/mol. The Labute approximate surface area is 143 Å².